The molecule has 0 aliphatic rings. The second kappa shape index (κ2) is 6.02. The fourth-order valence-corrected chi connectivity index (χ4v) is 2.01. The van der Waals surface area contributed by atoms with Crippen molar-refractivity contribution in [1.29, 1.82) is 0 Å². The number of aromatic nitrogens is 6. The first-order chi connectivity index (χ1) is 10.2. The lowest BCUT2D eigenvalue weighted by molar-refractivity contribution is 0.793. The summed E-state index contributed by atoms with van der Waals surface area (Å²) in [5.41, 5.74) is 0.929. The number of nitrogens with one attached hydrogen (secondary N) is 1. The van der Waals surface area contributed by atoms with Crippen LogP contribution in [0.3, 0.4) is 0 Å². The van der Waals surface area contributed by atoms with Crippen LogP contribution in [-0.2, 0) is 6.54 Å². The highest BCUT2D eigenvalue weighted by Gasteiger charge is 2.08. The normalized spacial score (nSPS) is 10.6. The topological polar surface area (TPSA) is 81.4 Å². The van der Waals surface area contributed by atoms with E-state index in [2.05, 4.69) is 30.4 Å². The molecular weight excluding hydrogens is 313 g/mol. The Morgan fingerprint density at radius 1 is 1.10 bits per heavy atom. The van der Waals surface area contributed by atoms with Crippen molar-refractivity contribution in [1.82, 2.24) is 29.7 Å². The van der Waals surface area contributed by atoms with Gasteiger partial charge in [0.2, 0.25) is 11.2 Å². The molecule has 0 saturated heterocycles. The average Bonchev–Trinajstić information content (AvgIpc) is 3.00. The van der Waals surface area contributed by atoms with Crippen LogP contribution < -0.4 is 5.32 Å². The molecule has 3 aromatic rings. The second-order valence-corrected chi connectivity index (χ2v) is 4.76. The van der Waals surface area contributed by atoms with E-state index in [0.717, 1.165) is 5.56 Å². The van der Waals surface area contributed by atoms with Crippen LogP contribution in [0.25, 0.3) is 5.95 Å². The number of nitrogens with zero attached hydrogens (tertiary/aromatic N) is 6. The first kappa shape index (κ1) is 13.7. The zero-order chi connectivity index (χ0) is 14.7. The van der Waals surface area contributed by atoms with Gasteiger partial charge in [-0.3, -0.25) is 0 Å². The molecule has 0 bridgehead atoms. The maximum absolute atomic E-state index is 6.09. The lowest BCUT2D eigenvalue weighted by Gasteiger charge is -2.07. The minimum absolute atomic E-state index is 0.0668. The molecule has 9 heteroatoms. The van der Waals surface area contributed by atoms with Gasteiger partial charge >= 0.3 is 0 Å². The van der Waals surface area contributed by atoms with E-state index < -0.39 is 0 Å². The molecule has 0 amide bonds. The summed E-state index contributed by atoms with van der Waals surface area (Å²) in [4.78, 5) is 16.1. The van der Waals surface area contributed by atoms with Crippen LogP contribution in [0.1, 0.15) is 5.56 Å². The molecule has 0 spiro atoms. The SMILES string of the molecule is Clc1nc(NCc2ccccc2Cl)nc(-n2cncn2)n1. The fourth-order valence-electron chi connectivity index (χ4n) is 1.65. The highest BCUT2D eigenvalue weighted by molar-refractivity contribution is 6.31. The summed E-state index contributed by atoms with van der Waals surface area (Å²) >= 11 is 12.0. The quantitative estimate of drug-likeness (QED) is 0.794. The predicted octanol–water partition coefficient (Wildman–Crippen LogP) is 2.37. The van der Waals surface area contributed by atoms with Gasteiger partial charge in [0.25, 0.3) is 5.95 Å². The molecule has 21 heavy (non-hydrogen) atoms. The highest BCUT2D eigenvalue weighted by atomic mass is 35.5. The Morgan fingerprint density at radius 2 is 1.95 bits per heavy atom. The van der Waals surface area contributed by atoms with E-state index in [1.807, 2.05) is 24.3 Å². The van der Waals surface area contributed by atoms with Gasteiger partial charge in [-0.05, 0) is 23.2 Å². The second-order valence-electron chi connectivity index (χ2n) is 4.01. The minimum Gasteiger partial charge on any atom is -0.350 e. The number of hydrogen-bond donors (Lipinski definition) is 1. The Morgan fingerprint density at radius 3 is 2.71 bits per heavy atom. The van der Waals surface area contributed by atoms with Crippen LogP contribution in [0.4, 0.5) is 5.95 Å². The van der Waals surface area contributed by atoms with Crippen molar-refractivity contribution in [3.8, 4) is 5.95 Å². The van der Waals surface area contributed by atoms with Gasteiger partial charge in [-0.1, -0.05) is 29.8 Å². The molecule has 0 saturated carbocycles. The lowest BCUT2D eigenvalue weighted by Crippen LogP contribution is -2.09. The molecule has 1 aromatic carbocycles. The summed E-state index contributed by atoms with van der Waals surface area (Å²) in [6.07, 6.45) is 2.86. The van der Waals surface area contributed by atoms with Crippen molar-refractivity contribution in [2.75, 3.05) is 5.32 Å². The third kappa shape index (κ3) is 3.26. The Balaban J connectivity index is 1.81. The van der Waals surface area contributed by atoms with Gasteiger partial charge < -0.3 is 5.32 Å². The maximum atomic E-state index is 6.09. The summed E-state index contributed by atoms with van der Waals surface area (Å²) in [6.45, 7) is 0.469. The third-order valence-corrected chi connectivity index (χ3v) is 3.15. The van der Waals surface area contributed by atoms with Gasteiger partial charge in [0.15, 0.2) is 0 Å². The Hall–Kier alpha value is -2.25. The predicted molar refractivity (Wildman–Crippen MR) is 78.5 cm³/mol. The monoisotopic (exact) mass is 321 g/mol. The molecule has 0 fully saturated rings. The highest BCUT2D eigenvalue weighted by Crippen LogP contribution is 2.16. The van der Waals surface area contributed by atoms with E-state index in [1.54, 1.807) is 0 Å². The Labute approximate surface area is 130 Å². The molecule has 2 heterocycles. The van der Waals surface area contributed by atoms with Crippen molar-refractivity contribution in [2.24, 2.45) is 0 Å². The molecule has 0 unspecified atom stereocenters. The lowest BCUT2D eigenvalue weighted by atomic mass is 10.2. The molecule has 1 N–H and O–H groups in total. The van der Waals surface area contributed by atoms with E-state index in [-0.39, 0.29) is 11.2 Å². The molecule has 0 aliphatic heterocycles. The zero-order valence-electron chi connectivity index (χ0n) is 10.6. The first-order valence-electron chi connectivity index (χ1n) is 5.96. The summed E-state index contributed by atoms with van der Waals surface area (Å²) in [5.74, 6) is 0.620. The van der Waals surface area contributed by atoms with Crippen LogP contribution >= 0.6 is 23.2 Å². The summed E-state index contributed by atoms with van der Waals surface area (Å²) in [5, 5.41) is 7.73. The zero-order valence-corrected chi connectivity index (χ0v) is 12.1. The number of hydrogen-bond acceptors (Lipinski definition) is 6. The van der Waals surface area contributed by atoms with E-state index in [1.165, 1.54) is 17.3 Å². The smallest absolute Gasteiger partial charge is 0.258 e. The van der Waals surface area contributed by atoms with Crippen LogP contribution in [0.2, 0.25) is 10.3 Å². The van der Waals surface area contributed by atoms with Crippen molar-refractivity contribution in [2.45, 2.75) is 6.54 Å². The molecule has 0 radical (unpaired) electrons. The molecule has 0 aliphatic carbocycles. The van der Waals surface area contributed by atoms with Gasteiger partial charge in [-0.15, -0.1) is 0 Å². The maximum Gasteiger partial charge on any atom is 0.258 e. The average molecular weight is 322 g/mol. The Kier molecular flexibility index (Phi) is 3.94. The van der Waals surface area contributed by atoms with Crippen LogP contribution in [-0.4, -0.2) is 29.7 Å². The van der Waals surface area contributed by atoms with Gasteiger partial charge in [0.05, 0.1) is 0 Å². The van der Waals surface area contributed by atoms with Gasteiger partial charge in [0.1, 0.15) is 12.7 Å². The van der Waals surface area contributed by atoms with E-state index in [4.69, 9.17) is 23.2 Å². The number of benzene rings is 1. The molecule has 3 rings (SSSR count). The first-order valence-corrected chi connectivity index (χ1v) is 6.72. The number of rotatable bonds is 4. The molecular formula is C12H9Cl2N7. The number of anilines is 1. The molecule has 2 aromatic heterocycles. The largest absolute Gasteiger partial charge is 0.350 e. The van der Waals surface area contributed by atoms with Crippen LogP contribution in [0.15, 0.2) is 36.9 Å². The summed E-state index contributed by atoms with van der Waals surface area (Å²) in [7, 11) is 0. The number of halogens is 2. The van der Waals surface area contributed by atoms with Gasteiger partial charge in [-0.25, -0.2) is 4.98 Å². The molecule has 106 valence electrons. The molecule has 0 atom stereocenters. The van der Waals surface area contributed by atoms with Crippen LogP contribution in [0.5, 0.6) is 0 Å². The van der Waals surface area contributed by atoms with Crippen LogP contribution in [0, 0.1) is 0 Å². The van der Waals surface area contributed by atoms with E-state index in [0.29, 0.717) is 17.5 Å². The summed E-state index contributed by atoms with van der Waals surface area (Å²) < 4.78 is 1.40. The Bertz CT molecular complexity index is 745. The third-order valence-electron chi connectivity index (χ3n) is 2.61. The van der Waals surface area contributed by atoms with Crippen molar-refractivity contribution < 1.29 is 0 Å². The van der Waals surface area contributed by atoms with Gasteiger partial charge in [-0.2, -0.15) is 24.7 Å². The molecule has 7 nitrogen and oxygen atoms in total. The van der Waals surface area contributed by atoms with Crippen molar-refractivity contribution in [3.05, 3.63) is 52.8 Å². The minimum atomic E-state index is 0.0668. The van der Waals surface area contributed by atoms with Crippen molar-refractivity contribution in [3.63, 3.8) is 0 Å². The standard InChI is InChI=1S/C12H9Cl2N7/c13-9-4-2-1-3-8(9)5-16-11-18-10(14)19-12(20-11)21-7-15-6-17-21/h1-4,6-7H,5H2,(H,16,18,19,20). The van der Waals surface area contributed by atoms with Crippen molar-refractivity contribution >= 4 is 29.2 Å². The van der Waals surface area contributed by atoms with E-state index >= 15 is 0 Å². The fraction of sp³-hybridized carbons (Fsp3) is 0.0833. The van der Waals surface area contributed by atoms with E-state index in [9.17, 15) is 0 Å². The van der Waals surface area contributed by atoms with Gasteiger partial charge in [0, 0.05) is 11.6 Å². The summed E-state index contributed by atoms with van der Waals surface area (Å²) in [6, 6.07) is 7.51.